The number of ether oxygens (including phenoxy) is 1. The van der Waals surface area contributed by atoms with Crippen molar-refractivity contribution in [2.24, 2.45) is 5.73 Å². The van der Waals surface area contributed by atoms with E-state index in [2.05, 4.69) is 23.6 Å². The molecule has 1 fully saturated rings. The van der Waals surface area contributed by atoms with Gasteiger partial charge in [-0.3, -0.25) is 0 Å². The third-order valence-electron chi connectivity index (χ3n) is 2.92. The Labute approximate surface area is 105 Å². The van der Waals surface area contributed by atoms with Crippen LogP contribution >= 0.6 is 11.3 Å². The monoisotopic (exact) mass is 245 g/mol. The summed E-state index contributed by atoms with van der Waals surface area (Å²) in [7, 11) is 0. The average Bonchev–Trinajstić information content (AvgIpc) is 3.00. The van der Waals surface area contributed by atoms with E-state index < -0.39 is 0 Å². The Bertz CT molecular complexity index is 473. The van der Waals surface area contributed by atoms with Gasteiger partial charge in [0.25, 0.3) is 0 Å². The Balaban J connectivity index is 1.74. The first-order valence-corrected chi connectivity index (χ1v) is 6.76. The van der Waals surface area contributed by atoms with Crippen LogP contribution < -0.4 is 10.5 Å². The number of benzene rings is 1. The Kier molecular flexibility index (Phi) is 2.87. The highest BCUT2D eigenvalue weighted by Crippen LogP contribution is 2.29. The summed E-state index contributed by atoms with van der Waals surface area (Å²) in [6, 6.07) is 12.2. The molecule has 1 aromatic carbocycles. The van der Waals surface area contributed by atoms with Crippen molar-refractivity contribution >= 4 is 11.3 Å². The number of nitrogens with two attached hydrogens (primary N) is 1. The Morgan fingerprint density at radius 3 is 2.53 bits per heavy atom. The van der Waals surface area contributed by atoms with Crippen LogP contribution in [-0.4, -0.2) is 6.10 Å². The molecule has 1 aromatic heterocycles. The molecule has 0 bridgehead atoms. The van der Waals surface area contributed by atoms with E-state index in [1.54, 1.807) is 11.3 Å². The molecule has 1 saturated carbocycles. The maximum Gasteiger partial charge on any atom is 0.119 e. The van der Waals surface area contributed by atoms with Crippen LogP contribution in [0.1, 0.15) is 29.3 Å². The maximum atomic E-state index is 6.19. The first-order valence-electron chi connectivity index (χ1n) is 5.88. The molecule has 0 spiro atoms. The fourth-order valence-electron chi connectivity index (χ4n) is 1.76. The standard InChI is InChI=1S/C14H15NOS/c15-14(13-2-1-9-17-13)10-3-5-11(6-4-10)16-12-7-8-12/h1-6,9,12,14H,7-8,15H2. The highest BCUT2D eigenvalue weighted by Gasteiger charge is 2.23. The van der Waals surface area contributed by atoms with Gasteiger partial charge in [0.05, 0.1) is 12.1 Å². The number of rotatable bonds is 4. The van der Waals surface area contributed by atoms with Crippen molar-refractivity contribution in [3.05, 3.63) is 52.2 Å². The van der Waals surface area contributed by atoms with Crippen molar-refractivity contribution in [3.8, 4) is 5.75 Å². The van der Waals surface area contributed by atoms with Crippen molar-refractivity contribution in [2.45, 2.75) is 25.0 Å². The predicted molar refractivity (Wildman–Crippen MR) is 70.4 cm³/mol. The number of thiophene rings is 1. The van der Waals surface area contributed by atoms with Gasteiger partial charge in [0.15, 0.2) is 0 Å². The summed E-state index contributed by atoms with van der Waals surface area (Å²) in [6.07, 6.45) is 2.83. The molecule has 2 aromatic rings. The van der Waals surface area contributed by atoms with Gasteiger partial charge in [-0.1, -0.05) is 18.2 Å². The smallest absolute Gasteiger partial charge is 0.119 e. The maximum absolute atomic E-state index is 6.19. The van der Waals surface area contributed by atoms with Crippen molar-refractivity contribution in [1.29, 1.82) is 0 Å². The molecule has 2 N–H and O–H groups in total. The normalized spacial score (nSPS) is 16.8. The lowest BCUT2D eigenvalue weighted by Gasteiger charge is -2.11. The van der Waals surface area contributed by atoms with E-state index in [9.17, 15) is 0 Å². The van der Waals surface area contributed by atoms with Crippen LogP contribution in [0.3, 0.4) is 0 Å². The summed E-state index contributed by atoms with van der Waals surface area (Å²) in [5, 5.41) is 2.06. The molecule has 0 saturated heterocycles. The molecular weight excluding hydrogens is 230 g/mol. The lowest BCUT2D eigenvalue weighted by Crippen LogP contribution is -2.09. The summed E-state index contributed by atoms with van der Waals surface area (Å²) < 4.78 is 5.71. The van der Waals surface area contributed by atoms with E-state index >= 15 is 0 Å². The molecule has 0 radical (unpaired) electrons. The Morgan fingerprint density at radius 2 is 1.94 bits per heavy atom. The minimum atomic E-state index is -0.0232. The zero-order valence-electron chi connectivity index (χ0n) is 9.50. The Hall–Kier alpha value is -1.32. The van der Waals surface area contributed by atoms with Gasteiger partial charge in [0.1, 0.15) is 5.75 Å². The van der Waals surface area contributed by atoms with Gasteiger partial charge in [-0.2, -0.15) is 0 Å². The lowest BCUT2D eigenvalue weighted by molar-refractivity contribution is 0.303. The second kappa shape index (κ2) is 4.51. The SMILES string of the molecule is NC(c1ccc(OC2CC2)cc1)c1cccs1. The van der Waals surface area contributed by atoms with Gasteiger partial charge in [-0.25, -0.2) is 0 Å². The molecule has 1 heterocycles. The van der Waals surface area contributed by atoms with Gasteiger partial charge < -0.3 is 10.5 Å². The molecular formula is C14H15NOS. The average molecular weight is 245 g/mol. The minimum Gasteiger partial charge on any atom is -0.490 e. The fourth-order valence-corrected chi connectivity index (χ4v) is 2.52. The second-order valence-corrected chi connectivity index (χ2v) is 5.36. The highest BCUT2D eigenvalue weighted by atomic mass is 32.1. The molecule has 0 aliphatic heterocycles. The van der Waals surface area contributed by atoms with Crippen molar-refractivity contribution in [2.75, 3.05) is 0 Å². The predicted octanol–water partition coefficient (Wildman–Crippen LogP) is 3.34. The largest absolute Gasteiger partial charge is 0.490 e. The van der Waals surface area contributed by atoms with Crippen LogP contribution in [0.15, 0.2) is 41.8 Å². The molecule has 88 valence electrons. The number of hydrogen-bond donors (Lipinski definition) is 1. The molecule has 1 unspecified atom stereocenters. The zero-order chi connectivity index (χ0) is 11.7. The molecule has 1 aliphatic rings. The van der Waals surface area contributed by atoms with Gasteiger partial charge >= 0.3 is 0 Å². The summed E-state index contributed by atoms with van der Waals surface area (Å²) in [4.78, 5) is 1.20. The minimum absolute atomic E-state index is 0.0232. The van der Waals surface area contributed by atoms with E-state index in [0.29, 0.717) is 6.10 Å². The Morgan fingerprint density at radius 1 is 1.18 bits per heavy atom. The van der Waals surface area contributed by atoms with Gasteiger partial charge in [0, 0.05) is 4.88 Å². The van der Waals surface area contributed by atoms with E-state index in [4.69, 9.17) is 10.5 Å². The van der Waals surface area contributed by atoms with E-state index in [0.717, 1.165) is 11.3 Å². The van der Waals surface area contributed by atoms with Crippen molar-refractivity contribution < 1.29 is 4.74 Å². The van der Waals surface area contributed by atoms with Gasteiger partial charge in [-0.05, 0) is 42.0 Å². The van der Waals surface area contributed by atoms with Crippen LogP contribution in [0.2, 0.25) is 0 Å². The topological polar surface area (TPSA) is 35.2 Å². The molecule has 1 atom stereocenters. The van der Waals surface area contributed by atoms with Crippen molar-refractivity contribution in [3.63, 3.8) is 0 Å². The third-order valence-corrected chi connectivity index (χ3v) is 3.87. The van der Waals surface area contributed by atoms with Crippen LogP contribution in [0.4, 0.5) is 0 Å². The molecule has 1 aliphatic carbocycles. The van der Waals surface area contributed by atoms with E-state index in [-0.39, 0.29) is 6.04 Å². The lowest BCUT2D eigenvalue weighted by atomic mass is 10.1. The van der Waals surface area contributed by atoms with Crippen LogP contribution in [0.5, 0.6) is 5.75 Å². The summed E-state index contributed by atoms with van der Waals surface area (Å²) in [6.45, 7) is 0. The van der Waals surface area contributed by atoms with Gasteiger partial charge in [0.2, 0.25) is 0 Å². The molecule has 17 heavy (non-hydrogen) atoms. The number of hydrogen-bond acceptors (Lipinski definition) is 3. The molecule has 3 heteroatoms. The third kappa shape index (κ3) is 2.51. The fraction of sp³-hybridized carbons (Fsp3) is 0.286. The van der Waals surface area contributed by atoms with E-state index in [1.165, 1.54) is 17.7 Å². The highest BCUT2D eigenvalue weighted by molar-refractivity contribution is 7.10. The second-order valence-electron chi connectivity index (χ2n) is 4.38. The first-order chi connectivity index (χ1) is 8.33. The first kappa shape index (κ1) is 10.8. The summed E-state index contributed by atoms with van der Waals surface area (Å²) in [5.74, 6) is 0.953. The molecule has 0 amide bonds. The summed E-state index contributed by atoms with van der Waals surface area (Å²) in [5.41, 5.74) is 7.33. The van der Waals surface area contributed by atoms with Crippen LogP contribution in [0.25, 0.3) is 0 Å². The van der Waals surface area contributed by atoms with Gasteiger partial charge in [-0.15, -0.1) is 11.3 Å². The zero-order valence-corrected chi connectivity index (χ0v) is 10.3. The van der Waals surface area contributed by atoms with Crippen LogP contribution in [0, 0.1) is 0 Å². The molecule has 2 nitrogen and oxygen atoms in total. The molecule has 3 rings (SSSR count). The quantitative estimate of drug-likeness (QED) is 0.896. The summed E-state index contributed by atoms with van der Waals surface area (Å²) >= 11 is 1.69. The van der Waals surface area contributed by atoms with Crippen molar-refractivity contribution in [1.82, 2.24) is 0 Å². The van der Waals surface area contributed by atoms with E-state index in [1.807, 2.05) is 18.2 Å². The van der Waals surface area contributed by atoms with Crippen LogP contribution in [-0.2, 0) is 0 Å².